The maximum absolute atomic E-state index is 9.11. The predicted octanol–water partition coefficient (Wildman–Crippen LogP) is 2.32. The van der Waals surface area contributed by atoms with Crippen LogP contribution in [-0.2, 0) is 6.54 Å². The molecule has 1 rings (SSSR count). The smallest absolute Gasteiger partial charge is 0.104 e. The molecule has 0 atom stereocenters. The minimum absolute atomic E-state index is 0.249. The molecule has 4 heteroatoms. The highest BCUT2D eigenvalue weighted by molar-refractivity contribution is 5.13. The van der Waals surface area contributed by atoms with Gasteiger partial charge < -0.3 is 19.8 Å². The van der Waals surface area contributed by atoms with Crippen LogP contribution in [0.1, 0.15) is 44.1 Å². The molecule has 1 aromatic rings. The lowest BCUT2D eigenvalue weighted by Crippen LogP contribution is -2.49. The SMILES string of the molecule is OCCCC[N+](CCCCO)(CCCCO)Cc1ccccc1. The largest absolute Gasteiger partial charge is 0.396 e. The van der Waals surface area contributed by atoms with Crippen molar-refractivity contribution in [2.24, 2.45) is 0 Å². The van der Waals surface area contributed by atoms with Crippen molar-refractivity contribution < 1.29 is 19.8 Å². The molecule has 23 heavy (non-hydrogen) atoms. The third-order valence-electron chi connectivity index (χ3n) is 4.48. The summed E-state index contributed by atoms with van der Waals surface area (Å²) in [5.74, 6) is 0. The van der Waals surface area contributed by atoms with Crippen molar-refractivity contribution in [2.45, 2.75) is 45.1 Å². The third kappa shape index (κ3) is 8.47. The van der Waals surface area contributed by atoms with E-state index in [0.717, 1.165) is 69.2 Å². The van der Waals surface area contributed by atoms with Crippen molar-refractivity contribution >= 4 is 0 Å². The standard InChI is InChI=1S/C19H34NO3/c21-15-7-4-12-20(13-5-8-16-22,14-6-9-17-23)18-19-10-2-1-3-11-19/h1-3,10-11,21-23H,4-9,12-18H2/q+1. The zero-order valence-electron chi connectivity index (χ0n) is 14.4. The van der Waals surface area contributed by atoms with E-state index in [2.05, 4.69) is 24.3 Å². The first-order chi connectivity index (χ1) is 11.3. The van der Waals surface area contributed by atoms with E-state index in [9.17, 15) is 0 Å². The summed E-state index contributed by atoms with van der Waals surface area (Å²) in [6.45, 7) is 4.88. The zero-order chi connectivity index (χ0) is 16.8. The Morgan fingerprint density at radius 1 is 0.609 bits per heavy atom. The highest BCUT2D eigenvalue weighted by atomic mass is 16.3. The summed E-state index contributed by atoms with van der Waals surface area (Å²) in [4.78, 5) is 0. The topological polar surface area (TPSA) is 60.7 Å². The summed E-state index contributed by atoms with van der Waals surface area (Å²) < 4.78 is 0.990. The van der Waals surface area contributed by atoms with Crippen molar-refractivity contribution in [3.8, 4) is 0 Å². The molecule has 0 aliphatic rings. The van der Waals surface area contributed by atoms with Gasteiger partial charge in [0.2, 0.25) is 0 Å². The molecule has 0 aromatic heterocycles. The summed E-state index contributed by atoms with van der Waals surface area (Å²) in [5, 5.41) is 27.3. The maximum atomic E-state index is 9.11. The lowest BCUT2D eigenvalue weighted by Gasteiger charge is -2.39. The van der Waals surface area contributed by atoms with E-state index in [-0.39, 0.29) is 19.8 Å². The fraction of sp³-hybridized carbons (Fsp3) is 0.684. The van der Waals surface area contributed by atoms with E-state index in [1.807, 2.05) is 6.07 Å². The summed E-state index contributed by atoms with van der Waals surface area (Å²) >= 11 is 0. The van der Waals surface area contributed by atoms with Crippen LogP contribution >= 0.6 is 0 Å². The van der Waals surface area contributed by atoms with Gasteiger partial charge in [-0.3, -0.25) is 0 Å². The van der Waals surface area contributed by atoms with Crippen LogP contribution in [0.2, 0.25) is 0 Å². The molecule has 0 bridgehead atoms. The van der Waals surface area contributed by atoms with E-state index in [1.54, 1.807) is 0 Å². The molecule has 0 saturated heterocycles. The molecule has 4 nitrogen and oxygen atoms in total. The van der Waals surface area contributed by atoms with Gasteiger partial charge in [-0.15, -0.1) is 0 Å². The fourth-order valence-corrected chi connectivity index (χ4v) is 3.22. The summed E-state index contributed by atoms with van der Waals surface area (Å²) in [7, 11) is 0. The lowest BCUT2D eigenvalue weighted by atomic mass is 10.1. The third-order valence-corrected chi connectivity index (χ3v) is 4.48. The van der Waals surface area contributed by atoms with Gasteiger partial charge in [0.05, 0.1) is 19.6 Å². The summed E-state index contributed by atoms with van der Waals surface area (Å²) in [6, 6.07) is 10.6. The number of unbranched alkanes of at least 4 members (excludes halogenated alkanes) is 3. The van der Waals surface area contributed by atoms with Crippen LogP contribution < -0.4 is 0 Å². The Morgan fingerprint density at radius 2 is 1.04 bits per heavy atom. The van der Waals surface area contributed by atoms with E-state index < -0.39 is 0 Å². The molecule has 132 valence electrons. The highest BCUT2D eigenvalue weighted by Gasteiger charge is 2.26. The van der Waals surface area contributed by atoms with Crippen LogP contribution in [0.3, 0.4) is 0 Å². The quantitative estimate of drug-likeness (QED) is 0.363. The molecule has 0 fully saturated rings. The molecule has 0 radical (unpaired) electrons. The van der Waals surface area contributed by atoms with Crippen LogP contribution in [0, 0.1) is 0 Å². The first-order valence-electron chi connectivity index (χ1n) is 8.98. The van der Waals surface area contributed by atoms with Crippen LogP contribution in [-0.4, -0.2) is 59.3 Å². The average molecular weight is 324 g/mol. The Balaban J connectivity index is 2.79. The van der Waals surface area contributed by atoms with Gasteiger partial charge in [-0.25, -0.2) is 0 Å². The Hall–Kier alpha value is -0.940. The minimum atomic E-state index is 0.249. The molecule has 1 aromatic carbocycles. The number of nitrogens with zero attached hydrogens (tertiary/aromatic N) is 1. The molecule has 0 spiro atoms. The van der Waals surface area contributed by atoms with Gasteiger partial charge in [0.1, 0.15) is 6.54 Å². The monoisotopic (exact) mass is 324 g/mol. The molecule has 0 aliphatic carbocycles. The van der Waals surface area contributed by atoms with Crippen LogP contribution in [0.15, 0.2) is 30.3 Å². The Kier molecular flexibility index (Phi) is 10.9. The highest BCUT2D eigenvalue weighted by Crippen LogP contribution is 2.20. The number of aliphatic hydroxyl groups is 3. The Morgan fingerprint density at radius 3 is 1.43 bits per heavy atom. The number of rotatable bonds is 14. The zero-order valence-corrected chi connectivity index (χ0v) is 14.4. The van der Waals surface area contributed by atoms with E-state index in [0.29, 0.717) is 0 Å². The molecule has 0 amide bonds. The first kappa shape index (κ1) is 20.1. The van der Waals surface area contributed by atoms with Crippen molar-refractivity contribution in [3.05, 3.63) is 35.9 Å². The fourth-order valence-electron chi connectivity index (χ4n) is 3.22. The van der Waals surface area contributed by atoms with Crippen LogP contribution in [0.5, 0.6) is 0 Å². The Bertz CT molecular complexity index is 357. The maximum Gasteiger partial charge on any atom is 0.104 e. The second-order valence-electron chi connectivity index (χ2n) is 6.45. The van der Waals surface area contributed by atoms with Gasteiger partial charge >= 0.3 is 0 Å². The summed E-state index contributed by atoms with van der Waals surface area (Å²) in [5.41, 5.74) is 1.34. The van der Waals surface area contributed by atoms with Gasteiger partial charge in [-0.05, 0) is 38.5 Å². The van der Waals surface area contributed by atoms with E-state index in [4.69, 9.17) is 15.3 Å². The minimum Gasteiger partial charge on any atom is -0.396 e. The van der Waals surface area contributed by atoms with Crippen LogP contribution in [0.25, 0.3) is 0 Å². The Labute approximate surface area is 141 Å². The number of quaternary nitrogens is 1. The molecule has 0 unspecified atom stereocenters. The van der Waals surface area contributed by atoms with Gasteiger partial charge in [0.15, 0.2) is 0 Å². The number of aliphatic hydroxyl groups excluding tert-OH is 3. The van der Waals surface area contributed by atoms with Crippen LogP contribution in [0.4, 0.5) is 0 Å². The van der Waals surface area contributed by atoms with Crippen molar-refractivity contribution in [2.75, 3.05) is 39.5 Å². The van der Waals surface area contributed by atoms with Crippen molar-refractivity contribution in [1.29, 1.82) is 0 Å². The molecule has 0 aliphatic heterocycles. The molecular weight excluding hydrogens is 290 g/mol. The molecule has 0 heterocycles. The first-order valence-corrected chi connectivity index (χ1v) is 8.98. The normalized spacial score (nSPS) is 11.8. The van der Waals surface area contributed by atoms with Gasteiger partial charge in [0, 0.05) is 25.4 Å². The number of hydrogen-bond donors (Lipinski definition) is 3. The molecule has 3 N–H and O–H groups in total. The van der Waals surface area contributed by atoms with Gasteiger partial charge in [0.25, 0.3) is 0 Å². The number of benzene rings is 1. The molecule has 0 saturated carbocycles. The lowest BCUT2D eigenvalue weighted by molar-refractivity contribution is -0.941. The van der Waals surface area contributed by atoms with E-state index in [1.165, 1.54) is 5.56 Å². The van der Waals surface area contributed by atoms with E-state index >= 15 is 0 Å². The second kappa shape index (κ2) is 12.5. The summed E-state index contributed by atoms with van der Waals surface area (Å²) in [6.07, 6.45) is 5.57. The van der Waals surface area contributed by atoms with Crippen molar-refractivity contribution in [1.82, 2.24) is 0 Å². The number of hydrogen-bond acceptors (Lipinski definition) is 3. The second-order valence-corrected chi connectivity index (χ2v) is 6.45. The predicted molar refractivity (Wildman–Crippen MR) is 94.0 cm³/mol. The van der Waals surface area contributed by atoms with Crippen molar-refractivity contribution in [3.63, 3.8) is 0 Å². The average Bonchev–Trinajstić information content (AvgIpc) is 2.56. The molecular formula is C19H34NO3+. The van der Waals surface area contributed by atoms with Gasteiger partial charge in [-0.1, -0.05) is 30.3 Å². The van der Waals surface area contributed by atoms with Gasteiger partial charge in [-0.2, -0.15) is 0 Å².